The van der Waals surface area contributed by atoms with Gasteiger partial charge in [0.2, 0.25) is 0 Å². The van der Waals surface area contributed by atoms with Gasteiger partial charge in [0.25, 0.3) is 0 Å². The maximum atomic E-state index is 9.21. The van der Waals surface area contributed by atoms with Crippen LogP contribution in [0.25, 0.3) is 0 Å². The number of aliphatic hydroxyl groups is 2. The van der Waals surface area contributed by atoms with E-state index in [1.165, 1.54) is 0 Å². The predicted octanol–water partition coefficient (Wildman–Crippen LogP) is 0.147. The van der Waals surface area contributed by atoms with Gasteiger partial charge in [-0.2, -0.15) is 0 Å². The minimum absolute atomic E-state index is 0.0747. The second-order valence-corrected chi connectivity index (χ2v) is 3.00. The lowest BCUT2D eigenvalue weighted by molar-refractivity contribution is -0.118. The third kappa shape index (κ3) is 11.7. The normalized spacial score (nSPS) is 13.0. The molecule has 0 aliphatic heterocycles. The SMILES string of the molecule is CCOCCOCCOC(O)CCCO. The zero-order chi connectivity index (χ0) is 11.4. The molecule has 0 aromatic carbocycles. The van der Waals surface area contributed by atoms with Crippen LogP contribution in [0.3, 0.4) is 0 Å². The highest BCUT2D eigenvalue weighted by Crippen LogP contribution is 1.97. The molecule has 1 unspecified atom stereocenters. The van der Waals surface area contributed by atoms with E-state index in [1.807, 2.05) is 6.92 Å². The Balaban J connectivity index is 3.02. The molecule has 15 heavy (non-hydrogen) atoms. The van der Waals surface area contributed by atoms with Crippen LogP contribution in [-0.2, 0) is 14.2 Å². The molecular weight excluding hydrogens is 200 g/mol. The van der Waals surface area contributed by atoms with Crippen LogP contribution in [-0.4, -0.2) is 56.1 Å². The summed E-state index contributed by atoms with van der Waals surface area (Å²) in [5, 5.41) is 17.7. The van der Waals surface area contributed by atoms with Crippen LogP contribution < -0.4 is 0 Å². The maximum absolute atomic E-state index is 9.21. The van der Waals surface area contributed by atoms with E-state index in [9.17, 15) is 5.11 Å². The maximum Gasteiger partial charge on any atom is 0.154 e. The van der Waals surface area contributed by atoms with Gasteiger partial charge in [0.05, 0.1) is 26.4 Å². The largest absolute Gasteiger partial charge is 0.396 e. The molecule has 5 heteroatoms. The van der Waals surface area contributed by atoms with Crippen molar-refractivity contribution in [2.45, 2.75) is 26.1 Å². The summed E-state index contributed by atoms with van der Waals surface area (Å²) in [4.78, 5) is 0. The first-order valence-electron chi connectivity index (χ1n) is 5.37. The van der Waals surface area contributed by atoms with Gasteiger partial charge in [0.1, 0.15) is 0 Å². The molecule has 0 amide bonds. The quantitative estimate of drug-likeness (QED) is 0.384. The van der Waals surface area contributed by atoms with Crippen molar-refractivity contribution >= 4 is 0 Å². The summed E-state index contributed by atoms with van der Waals surface area (Å²) in [5.41, 5.74) is 0. The lowest BCUT2D eigenvalue weighted by Gasteiger charge is -2.11. The molecule has 0 bridgehead atoms. The lowest BCUT2D eigenvalue weighted by atomic mass is 10.3. The summed E-state index contributed by atoms with van der Waals surface area (Å²) in [7, 11) is 0. The summed E-state index contributed by atoms with van der Waals surface area (Å²) in [6.45, 7) is 4.64. The Morgan fingerprint density at radius 3 is 2.40 bits per heavy atom. The Labute approximate surface area is 91.0 Å². The first-order chi connectivity index (χ1) is 7.31. The minimum Gasteiger partial charge on any atom is -0.396 e. The first kappa shape index (κ1) is 14.8. The topological polar surface area (TPSA) is 68.2 Å². The smallest absolute Gasteiger partial charge is 0.154 e. The monoisotopic (exact) mass is 222 g/mol. The molecule has 1 atom stereocenters. The molecule has 92 valence electrons. The molecule has 0 heterocycles. The highest BCUT2D eigenvalue weighted by Gasteiger charge is 2.02. The van der Waals surface area contributed by atoms with E-state index >= 15 is 0 Å². The molecule has 2 N–H and O–H groups in total. The summed E-state index contributed by atoms with van der Waals surface area (Å²) in [6.07, 6.45) is 0.203. The molecule has 0 aromatic rings. The van der Waals surface area contributed by atoms with Gasteiger partial charge >= 0.3 is 0 Å². The Hall–Kier alpha value is -0.200. The van der Waals surface area contributed by atoms with Gasteiger partial charge in [0.15, 0.2) is 6.29 Å². The Morgan fingerprint density at radius 1 is 1.07 bits per heavy atom. The molecule has 0 saturated carbocycles. The van der Waals surface area contributed by atoms with Crippen molar-refractivity contribution in [2.24, 2.45) is 0 Å². The molecule has 0 fully saturated rings. The van der Waals surface area contributed by atoms with Gasteiger partial charge in [-0.25, -0.2) is 0 Å². The number of hydrogen-bond donors (Lipinski definition) is 2. The van der Waals surface area contributed by atoms with Crippen molar-refractivity contribution in [3.63, 3.8) is 0 Å². The number of aliphatic hydroxyl groups excluding tert-OH is 2. The van der Waals surface area contributed by atoms with E-state index in [2.05, 4.69) is 0 Å². The number of rotatable bonds is 11. The molecule has 0 spiro atoms. The highest BCUT2D eigenvalue weighted by molar-refractivity contribution is 4.42. The van der Waals surface area contributed by atoms with Crippen LogP contribution in [0.5, 0.6) is 0 Å². The van der Waals surface area contributed by atoms with E-state index in [0.717, 1.165) is 0 Å². The second kappa shape index (κ2) is 11.9. The summed E-state index contributed by atoms with van der Waals surface area (Å²) in [5.74, 6) is 0. The molecular formula is C10H22O5. The predicted molar refractivity (Wildman–Crippen MR) is 55.6 cm³/mol. The van der Waals surface area contributed by atoms with Crippen LogP contribution in [0.1, 0.15) is 19.8 Å². The van der Waals surface area contributed by atoms with Gasteiger partial charge in [-0.15, -0.1) is 0 Å². The van der Waals surface area contributed by atoms with E-state index in [-0.39, 0.29) is 6.61 Å². The Bertz CT molecular complexity index is 120. The van der Waals surface area contributed by atoms with Crippen molar-refractivity contribution in [3.8, 4) is 0 Å². The fourth-order valence-corrected chi connectivity index (χ4v) is 0.957. The molecule has 0 rings (SSSR count). The van der Waals surface area contributed by atoms with Crippen LogP contribution in [0, 0.1) is 0 Å². The van der Waals surface area contributed by atoms with Gasteiger partial charge < -0.3 is 24.4 Å². The minimum atomic E-state index is -0.798. The van der Waals surface area contributed by atoms with Crippen molar-refractivity contribution in [3.05, 3.63) is 0 Å². The third-order valence-electron chi connectivity index (χ3n) is 1.72. The molecule has 0 aliphatic rings. The summed E-state index contributed by atoms with van der Waals surface area (Å²) < 4.78 is 15.3. The van der Waals surface area contributed by atoms with E-state index in [4.69, 9.17) is 19.3 Å². The average molecular weight is 222 g/mol. The fraction of sp³-hybridized carbons (Fsp3) is 1.00. The van der Waals surface area contributed by atoms with E-state index in [0.29, 0.717) is 45.9 Å². The van der Waals surface area contributed by atoms with Crippen LogP contribution in [0.15, 0.2) is 0 Å². The first-order valence-corrected chi connectivity index (χ1v) is 5.37. The highest BCUT2D eigenvalue weighted by atomic mass is 16.6. The molecule has 0 radical (unpaired) electrons. The standard InChI is InChI=1S/C10H22O5/c1-2-13-6-7-14-8-9-15-10(12)4-3-5-11/h10-12H,2-9H2,1H3. The van der Waals surface area contributed by atoms with E-state index in [1.54, 1.807) is 0 Å². The summed E-state index contributed by atoms with van der Waals surface area (Å²) in [6, 6.07) is 0. The van der Waals surface area contributed by atoms with Crippen molar-refractivity contribution in [2.75, 3.05) is 39.6 Å². The number of ether oxygens (including phenoxy) is 3. The van der Waals surface area contributed by atoms with Crippen LogP contribution in [0.2, 0.25) is 0 Å². The molecule has 0 saturated heterocycles. The molecule has 5 nitrogen and oxygen atoms in total. The van der Waals surface area contributed by atoms with Gasteiger partial charge in [-0.1, -0.05) is 0 Å². The Kier molecular flexibility index (Phi) is 11.7. The van der Waals surface area contributed by atoms with Crippen LogP contribution >= 0.6 is 0 Å². The van der Waals surface area contributed by atoms with Gasteiger partial charge in [0, 0.05) is 19.6 Å². The van der Waals surface area contributed by atoms with Crippen molar-refractivity contribution < 1.29 is 24.4 Å². The third-order valence-corrected chi connectivity index (χ3v) is 1.72. The van der Waals surface area contributed by atoms with Crippen LogP contribution in [0.4, 0.5) is 0 Å². The average Bonchev–Trinajstić information content (AvgIpc) is 2.25. The second-order valence-electron chi connectivity index (χ2n) is 3.00. The Morgan fingerprint density at radius 2 is 1.73 bits per heavy atom. The lowest BCUT2D eigenvalue weighted by Crippen LogP contribution is -2.17. The molecule has 0 aliphatic carbocycles. The fourth-order valence-electron chi connectivity index (χ4n) is 0.957. The zero-order valence-electron chi connectivity index (χ0n) is 9.35. The van der Waals surface area contributed by atoms with E-state index < -0.39 is 6.29 Å². The van der Waals surface area contributed by atoms with Gasteiger partial charge in [-0.3, -0.25) is 0 Å². The number of hydrogen-bond acceptors (Lipinski definition) is 5. The van der Waals surface area contributed by atoms with Crippen molar-refractivity contribution in [1.82, 2.24) is 0 Å². The zero-order valence-corrected chi connectivity index (χ0v) is 9.35. The van der Waals surface area contributed by atoms with Gasteiger partial charge in [-0.05, 0) is 13.3 Å². The van der Waals surface area contributed by atoms with Crippen molar-refractivity contribution in [1.29, 1.82) is 0 Å². The molecule has 0 aromatic heterocycles. The summed E-state index contributed by atoms with van der Waals surface area (Å²) >= 11 is 0.